The van der Waals surface area contributed by atoms with E-state index >= 15 is 0 Å². The highest BCUT2D eigenvalue weighted by Crippen LogP contribution is 2.23. The highest BCUT2D eigenvalue weighted by Gasteiger charge is 2.32. The predicted octanol–water partition coefficient (Wildman–Crippen LogP) is 0.683. The van der Waals surface area contributed by atoms with Crippen molar-refractivity contribution in [2.75, 3.05) is 6.61 Å². The number of aliphatic hydroxyl groups excluding tert-OH is 1. The molecule has 1 atom stereocenters. The van der Waals surface area contributed by atoms with Crippen molar-refractivity contribution in [3.05, 3.63) is 47.3 Å². The van der Waals surface area contributed by atoms with Gasteiger partial charge in [-0.15, -0.1) is 0 Å². The summed E-state index contributed by atoms with van der Waals surface area (Å²) in [5.41, 5.74) is 3.38. The van der Waals surface area contributed by atoms with E-state index in [1.165, 1.54) is 0 Å². The molecule has 3 rings (SSSR count). The number of aliphatic hydroxyl groups is 1. The number of aromatic nitrogens is 3. The van der Waals surface area contributed by atoms with E-state index in [1.807, 2.05) is 24.6 Å². The van der Waals surface area contributed by atoms with Gasteiger partial charge in [-0.05, 0) is 18.6 Å². The molecule has 21 heavy (non-hydrogen) atoms. The number of hydrogen-bond donors (Lipinski definition) is 1. The number of pyridine rings is 1. The Morgan fingerprint density at radius 2 is 2.24 bits per heavy atom. The van der Waals surface area contributed by atoms with Crippen LogP contribution in [0.25, 0.3) is 0 Å². The van der Waals surface area contributed by atoms with Gasteiger partial charge in [-0.3, -0.25) is 9.78 Å². The smallest absolute Gasteiger partial charge is 0.273 e. The highest BCUT2D eigenvalue weighted by molar-refractivity contribution is 5.92. The van der Waals surface area contributed by atoms with Crippen LogP contribution in [0.3, 0.4) is 0 Å². The fourth-order valence-corrected chi connectivity index (χ4v) is 2.66. The Morgan fingerprint density at radius 3 is 2.90 bits per heavy atom. The van der Waals surface area contributed by atoms with Crippen LogP contribution in [0.15, 0.2) is 24.7 Å². The van der Waals surface area contributed by atoms with Crippen molar-refractivity contribution in [2.24, 2.45) is 7.05 Å². The maximum Gasteiger partial charge on any atom is 0.273 e. The summed E-state index contributed by atoms with van der Waals surface area (Å²) in [7, 11) is 1.93. The van der Waals surface area contributed by atoms with Crippen LogP contribution in [-0.4, -0.2) is 43.1 Å². The quantitative estimate of drug-likeness (QED) is 0.881. The number of carbonyl (C=O) groups is 1. The summed E-state index contributed by atoms with van der Waals surface area (Å²) in [6, 6.07) is 3.35. The first kappa shape index (κ1) is 13.8. The third-order valence-electron chi connectivity index (χ3n) is 3.94. The van der Waals surface area contributed by atoms with Crippen molar-refractivity contribution in [2.45, 2.75) is 25.9 Å². The van der Waals surface area contributed by atoms with Crippen LogP contribution < -0.4 is 0 Å². The van der Waals surface area contributed by atoms with Gasteiger partial charge in [0.05, 0.1) is 31.2 Å². The molecular weight excluding hydrogens is 268 g/mol. The molecule has 6 nitrogen and oxygen atoms in total. The first-order valence-corrected chi connectivity index (χ1v) is 6.93. The van der Waals surface area contributed by atoms with Gasteiger partial charge >= 0.3 is 0 Å². The number of aryl methyl sites for hydroxylation is 2. The van der Waals surface area contributed by atoms with Gasteiger partial charge in [-0.1, -0.05) is 6.07 Å². The molecule has 0 aromatic carbocycles. The zero-order valence-corrected chi connectivity index (χ0v) is 12.2. The second-order valence-corrected chi connectivity index (χ2v) is 5.44. The third-order valence-corrected chi connectivity index (χ3v) is 3.94. The summed E-state index contributed by atoms with van der Waals surface area (Å²) >= 11 is 0. The van der Waals surface area contributed by atoms with Crippen molar-refractivity contribution in [1.29, 1.82) is 0 Å². The molecule has 2 aromatic rings. The topological polar surface area (TPSA) is 71.2 Å². The number of fused-ring (bicyclic) bond motifs is 1. The van der Waals surface area contributed by atoms with Gasteiger partial charge in [0.1, 0.15) is 5.69 Å². The van der Waals surface area contributed by atoms with Crippen molar-refractivity contribution in [1.82, 2.24) is 19.4 Å². The average Bonchev–Trinajstić information content (AvgIpc) is 2.86. The zero-order chi connectivity index (χ0) is 15.0. The molecular formula is C15H18N4O2. The van der Waals surface area contributed by atoms with Gasteiger partial charge in [0.25, 0.3) is 5.91 Å². The number of amides is 1. The molecule has 1 aliphatic heterocycles. The van der Waals surface area contributed by atoms with E-state index in [0.29, 0.717) is 18.7 Å². The lowest BCUT2D eigenvalue weighted by atomic mass is 10.0. The van der Waals surface area contributed by atoms with Crippen LogP contribution in [0.2, 0.25) is 0 Å². The molecule has 0 bridgehead atoms. The lowest BCUT2D eigenvalue weighted by Gasteiger charge is -2.34. The fourth-order valence-electron chi connectivity index (χ4n) is 2.66. The number of carbonyl (C=O) groups excluding carboxylic acids is 1. The van der Waals surface area contributed by atoms with E-state index in [4.69, 9.17) is 0 Å². The maximum absolute atomic E-state index is 12.6. The van der Waals surface area contributed by atoms with Crippen LogP contribution in [0, 0.1) is 6.92 Å². The van der Waals surface area contributed by atoms with Crippen LogP contribution in [0.4, 0.5) is 0 Å². The van der Waals surface area contributed by atoms with E-state index in [1.54, 1.807) is 23.5 Å². The molecule has 1 N–H and O–H groups in total. The molecule has 0 fully saturated rings. The summed E-state index contributed by atoms with van der Waals surface area (Å²) in [5, 5.41) is 9.61. The minimum atomic E-state index is -0.233. The van der Waals surface area contributed by atoms with Gasteiger partial charge in [0.2, 0.25) is 0 Å². The van der Waals surface area contributed by atoms with E-state index in [9.17, 15) is 9.90 Å². The highest BCUT2D eigenvalue weighted by atomic mass is 16.3. The second-order valence-electron chi connectivity index (χ2n) is 5.44. The Hall–Kier alpha value is -2.21. The summed E-state index contributed by atoms with van der Waals surface area (Å²) in [4.78, 5) is 22.8. The third kappa shape index (κ3) is 2.42. The van der Waals surface area contributed by atoms with Crippen LogP contribution in [0.1, 0.15) is 27.4 Å². The van der Waals surface area contributed by atoms with Crippen LogP contribution >= 0.6 is 0 Å². The zero-order valence-electron chi connectivity index (χ0n) is 12.2. The number of imidazole rings is 1. The molecule has 1 amide bonds. The van der Waals surface area contributed by atoms with Gasteiger partial charge in [-0.2, -0.15) is 0 Å². The molecule has 6 heteroatoms. The van der Waals surface area contributed by atoms with Gasteiger partial charge in [-0.25, -0.2) is 4.98 Å². The Labute approximate surface area is 123 Å². The van der Waals surface area contributed by atoms with E-state index in [0.717, 1.165) is 17.0 Å². The lowest BCUT2D eigenvalue weighted by Crippen LogP contribution is -2.46. The summed E-state index contributed by atoms with van der Waals surface area (Å²) in [6.07, 6.45) is 4.04. The summed E-state index contributed by atoms with van der Waals surface area (Å²) in [5.74, 6) is -0.162. The largest absolute Gasteiger partial charge is 0.394 e. The van der Waals surface area contributed by atoms with E-state index < -0.39 is 0 Å². The molecule has 0 radical (unpaired) electrons. The molecule has 1 aliphatic rings. The number of hydrogen-bond acceptors (Lipinski definition) is 4. The van der Waals surface area contributed by atoms with E-state index in [-0.39, 0.29) is 18.6 Å². The van der Waals surface area contributed by atoms with E-state index in [2.05, 4.69) is 9.97 Å². The average molecular weight is 286 g/mol. The normalized spacial score (nSPS) is 17.7. The van der Waals surface area contributed by atoms with Crippen molar-refractivity contribution in [3.8, 4) is 0 Å². The first-order valence-electron chi connectivity index (χ1n) is 6.93. The fraction of sp³-hybridized carbons (Fsp3) is 0.400. The number of nitrogens with zero attached hydrogens (tertiary/aromatic N) is 4. The minimum Gasteiger partial charge on any atom is -0.394 e. The Balaban J connectivity index is 1.90. The Kier molecular flexibility index (Phi) is 3.47. The molecule has 2 aromatic heterocycles. The second kappa shape index (κ2) is 5.29. The van der Waals surface area contributed by atoms with Crippen LogP contribution in [-0.2, 0) is 20.0 Å². The minimum absolute atomic E-state index is 0.0672. The monoisotopic (exact) mass is 286 g/mol. The molecule has 110 valence electrons. The molecule has 0 saturated heterocycles. The SMILES string of the molecule is Cc1ccc(C(=O)N2Cc3ncn(C)c3C[C@@H]2CO)nc1. The Bertz CT molecular complexity index is 663. The summed E-state index contributed by atoms with van der Waals surface area (Å²) < 4.78 is 1.95. The number of rotatable bonds is 2. The van der Waals surface area contributed by atoms with Gasteiger partial charge < -0.3 is 14.6 Å². The molecule has 0 spiro atoms. The molecule has 3 heterocycles. The molecule has 0 saturated carbocycles. The van der Waals surface area contributed by atoms with Crippen molar-refractivity contribution in [3.63, 3.8) is 0 Å². The summed E-state index contributed by atoms with van der Waals surface area (Å²) in [6.45, 7) is 2.27. The first-order chi connectivity index (χ1) is 10.1. The lowest BCUT2D eigenvalue weighted by molar-refractivity contribution is 0.0530. The van der Waals surface area contributed by atoms with Gasteiger partial charge in [0.15, 0.2) is 0 Å². The van der Waals surface area contributed by atoms with Crippen molar-refractivity contribution < 1.29 is 9.90 Å². The maximum atomic E-state index is 12.6. The Morgan fingerprint density at radius 1 is 1.43 bits per heavy atom. The van der Waals surface area contributed by atoms with Crippen LogP contribution in [0.5, 0.6) is 0 Å². The predicted molar refractivity (Wildman–Crippen MR) is 76.6 cm³/mol. The molecule has 0 aliphatic carbocycles. The van der Waals surface area contributed by atoms with Gasteiger partial charge in [0, 0.05) is 25.4 Å². The standard InChI is InChI=1S/C15H18N4O2/c1-10-3-4-12(16-6-10)15(21)19-7-13-14(5-11(19)8-20)18(2)9-17-13/h3-4,6,9,11,20H,5,7-8H2,1-2H3/t11-/m1/s1. The van der Waals surface area contributed by atoms with Crippen molar-refractivity contribution >= 4 is 5.91 Å². The molecule has 0 unspecified atom stereocenters.